The van der Waals surface area contributed by atoms with E-state index in [9.17, 15) is 5.11 Å². The summed E-state index contributed by atoms with van der Waals surface area (Å²) in [5.41, 5.74) is 14.3. The zero-order valence-corrected chi connectivity index (χ0v) is 22.0. The summed E-state index contributed by atoms with van der Waals surface area (Å²) >= 11 is 0. The van der Waals surface area contributed by atoms with Gasteiger partial charge in [-0.15, -0.1) is 0 Å². The Kier molecular flexibility index (Phi) is 5.42. The number of aryl methyl sites for hydroxylation is 3. The number of fused-ring (bicyclic) bond motifs is 8. The van der Waals surface area contributed by atoms with Gasteiger partial charge in [0.05, 0.1) is 18.0 Å². The molecule has 0 spiro atoms. The lowest BCUT2D eigenvalue weighted by Gasteiger charge is -2.15. The van der Waals surface area contributed by atoms with E-state index in [1.165, 1.54) is 22.3 Å². The van der Waals surface area contributed by atoms with Gasteiger partial charge in [0.2, 0.25) is 0 Å². The molecule has 186 valence electrons. The van der Waals surface area contributed by atoms with Crippen LogP contribution < -0.4 is 0 Å². The van der Waals surface area contributed by atoms with Crippen LogP contribution in [0.5, 0.6) is 0 Å². The van der Waals surface area contributed by atoms with Crippen molar-refractivity contribution in [2.24, 2.45) is 0 Å². The molecule has 0 unspecified atom stereocenters. The molecule has 2 aliphatic heterocycles. The minimum absolute atomic E-state index is 0.0773. The molecule has 5 nitrogen and oxygen atoms in total. The molecular formula is C32H32N4O. The van der Waals surface area contributed by atoms with Crippen molar-refractivity contribution in [3.8, 4) is 11.1 Å². The summed E-state index contributed by atoms with van der Waals surface area (Å²) in [7, 11) is 0. The van der Waals surface area contributed by atoms with Crippen LogP contribution in [0.3, 0.4) is 0 Å². The van der Waals surface area contributed by atoms with Crippen LogP contribution in [0.25, 0.3) is 44.8 Å². The molecule has 3 aromatic heterocycles. The highest BCUT2D eigenvalue weighted by Crippen LogP contribution is 2.37. The van der Waals surface area contributed by atoms with Gasteiger partial charge in [-0.05, 0) is 86.0 Å². The van der Waals surface area contributed by atoms with Crippen LogP contribution in [0.2, 0.25) is 0 Å². The van der Waals surface area contributed by atoms with E-state index in [0.29, 0.717) is 0 Å². The molecule has 0 saturated carbocycles. The Morgan fingerprint density at radius 2 is 1.49 bits per heavy atom. The quantitative estimate of drug-likeness (QED) is 0.285. The lowest BCUT2D eigenvalue weighted by molar-refractivity contribution is 0.350. The Bertz CT molecular complexity index is 1730. The molecule has 0 aliphatic carbocycles. The normalized spacial score (nSPS) is 14.6. The van der Waals surface area contributed by atoms with Crippen LogP contribution in [0.4, 0.5) is 0 Å². The van der Waals surface area contributed by atoms with E-state index < -0.39 is 0 Å². The molecule has 3 N–H and O–H groups in total. The fraction of sp³-hybridized carbons (Fsp3) is 0.250. The molecular weight excluding hydrogens is 456 g/mol. The van der Waals surface area contributed by atoms with E-state index in [1.54, 1.807) is 0 Å². The molecule has 1 aromatic carbocycles. The van der Waals surface area contributed by atoms with E-state index in [2.05, 4.69) is 93.1 Å². The third-order valence-corrected chi connectivity index (χ3v) is 7.43. The first-order chi connectivity index (χ1) is 17.7. The molecule has 5 heterocycles. The summed E-state index contributed by atoms with van der Waals surface area (Å²) in [4.78, 5) is 17.2. The van der Waals surface area contributed by atoms with E-state index in [0.717, 1.165) is 62.4 Å². The predicted octanol–water partition coefficient (Wildman–Crippen LogP) is 6.96. The lowest BCUT2D eigenvalue weighted by Crippen LogP contribution is -2.14. The van der Waals surface area contributed by atoms with Gasteiger partial charge in [-0.3, -0.25) is 4.98 Å². The molecule has 0 radical (unpaired) electrons. The number of aromatic nitrogens is 4. The Balaban J connectivity index is 1.77. The van der Waals surface area contributed by atoms with Crippen molar-refractivity contribution in [1.82, 2.24) is 19.9 Å². The predicted molar refractivity (Wildman–Crippen MR) is 152 cm³/mol. The molecule has 37 heavy (non-hydrogen) atoms. The summed E-state index contributed by atoms with van der Waals surface area (Å²) < 4.78 is 0. The van der Waals surface area contributed by atoms with Gasteiger partial charge in [0.15, 0.2) is 0 Å². The number of H-pyrrole nitrogens is 2. The molecule has 0 amide bonds. The van der Waals surface area contributed by atoms with Crippen LogP contribution in [0.15, 0.2) is 54.6 Å². The number of aliphatic hydroxyl groups excluding tert-OH is 1. The van der Waals surface area contributed by atoms with Gasteiger partial charge in [-0.25, -0.2) is 4.98 Å². The van der Waals surface area contributed by atoms with E-state index in [-0.39, 0.29) is 12.0 Å². The average molecular weight is 489 g/mol. The summed E-state index contributed by atoms with van der Waals surface area (Å²) in [6.45, 7) is 10.8. The Labute approximate surface area is 217 Å². The minimum atomic E-state index is -0.0923. The number of aliphatic hydroxyl groups is 1. The van der Waals surface area contributed by atoms with Gasteiger partial charge in [-0.2, -0.15) is 0 Å². The van der Waals surface area contributed by atoms with Crippen molar-refractivity contribution in [3.63, 3.8) is 0 Å². The lowest BCUT2D eigenvalue weighted by atomic mass is 9.87. The number of nitrogens with one attached hydrogen (secondary N) is 2. The zero-order valence-electron chi connectivity index (χ0n) is 22.0. The molecule has 6 rings (SSSR count). The second-order valence-corrected chi connectivity index (χ2v) is 11.0. The van der Waals surface area contributed by atoms with Crippen LogP contribution in [0.1, 0.15) is 53.3 Å². The Morgan fingerprint density at radius 1 is 0.811 bits per heavy atom. The molecule has 4 aromatic rings. The Hall–Kier alpha value is -3.96. The highest BCUT2D eigenvalue weighted by atomic mass is 16.3. The monoisotopic (exact) mass is 488 g/mol. The fourth-order valence-corrected chi connectivity index (χ4v) is 5.74. The van der Waals surface area contributed by atoms with Crippen molar-refractivity contribution in [2.75, 3.05) is 6.61 Å². The van der Waals surface area contributed by atoms with Crippen LogP contribution >= 0.6 is 0 Å². The number of benzene rings is 1. The number of nitrogens with zero attached hydrogens (tertiary/aromatic N) is 2. The number of aromatic amines is 2. The zero-order chi connectivity index (χ0) is 25.9. The second-order valence-electron chi connectivity index (χ2n) is 11.0. The average Bonchev–Trinajstić information content (AvgIpc) is 3.59. The number of rotatable bonds is 2. The van der Waals surface area contributed by atoms with Crippen molar-refractivity contribution in [3.05, 3.63) is 94.1 Å². The van der Waals surface area contributed by atoms with Gasteiger partial charge in [0, 0.05) is 56.4 Å². The van der Waals surface area contributed by atoms with Gasteiger partial charge in [-0.1, -0.05) is 31.5 Å². The van der Waals surface area contributed by atoms with Crippen molar-refractivity contribution in [2.45, 2.75) is 46.5 Å². The topological polar surface area (TPSA) is 77.6 Å². The van der Waals surface area contributed by atoms with Crippen LogP contribution in [0, 0.1) is 20.8 Å². The first-order valence-electron chi connectivity index (χ1n) is 12.8. The van der Waals surface area contributed by atoms with E-state index in [1.807, 2.05) is 12.1 Å². The van der Waals surface area contributed by atoms with Gasteiger partial charge in [0.25, 0.3) is 0 Å². The van der Waals surface area contributed by atoms with Gasteiger partial charge in [0.1, 0.15) is 0 Å². The molecule has 8 bridgehead atoms. The molecule has 0 fully saturated rings. The van der Waals surface area contributed by atoms with Crippen molar-refractivity contribution < 1.29 is 5.11 Å². The van der Waals surface area contributed by atoms with Gasteiger partial charge < -0.3 is 15.1 Å². The van der Waals surface area contributed by atoms with Crippen molar-refractivity contribution >= 4 is 33.7 Å². The maximum Gasteiger partial charge on any atom is 0.0740 e. The summed E-state index contributed by atoms with van der Waals surface area (Å²) in [6, 6.07) is 19.2. The standard InChI is InChI=1S/C32H32N4O/c1-18-10-19(2)30(20(3)11-18)31-26-9-8-23(34-26)13-22-6-7-24(33-22)15-29-32(4,5)16-25(35-29)14-27-21(17-37)12-28(31)36-27/h6-15,33-34,37H,16-17H2,1-5H3. The maximum atomic E-state index is 10.3. The summed E-state index contributed by atoms with van der Waals surface area (Å²) in [6.07, 6.45) is 2.84. The highest BCUT2D eigenvalue weighted by Gasteiger charge is 2.29. The van der Waals surface area contributed by atoms with Gasteiger partial charge >= 0.3 is 0 Å². The molecule has 0 saturated heterocycles. The molecule has 5 heteroatoms. The minimum Gasteiger partial charge on any atom is -0.392 e. The smallest absolute Gasteiger partial charge is 0.0740 e. The van der Waals surface area contributed by atoms with Crippen LogP contribution in [-0.2, 0) is 11.8 Å². The second kappa shape index (κ2) is 8.56. The SMILES string of the molecule is Cc1cc(C)c(-c2c3nc(cc4nc(cc5ccc(cc6ccc2[nH]6)[nH]5)C(C)(C)C4)C(CO)=C3)c(C)c1. The third kappa shape index (κ3) is 4.19. The van der Waals surface area contributed by atoms with E-state index in [4.69, 9.17) is 9.97 Å². The van der Waals surface area contributed by atoms with Crippen molar-refractivity contribution in [1.29, 1.82) is 0 Å². The summed E-state index contributed by atoms with van der Waals surface area (Å²) in [5.74, 6) is 0. The fourth-order valence-electron chi connectivity index (χ4n) is 5.74. The molecule has 0 atom stereocenters. The largest absolute Gasteiger partial charge is 0.392 e. The molecule has 2 aliphatic rings. The first-order valence-corrected chi connectivity index (χ1v) is 12.8. The number of hydrogen-bond acceptors (Lipinski definition) is 3. The van der Waals surface area contributed by atoms with Crippen LogP contribution in [-0.4, -0.2) is 31.6 Å². The Morgan fingerprint density at radius 3 is 2.22 bits per heavy atom. The van der Waals surface area contributed by atoms with E-state index >= 15 is 0 Å². The maximum absolute atomic E-state index is 10.3. The highest BCUT2D eigenvalue weighted by molar-refractivity contribution is 5.95. The third-order valence-electron chi connectivity index (χ3n) is 7.43. The summed E-state index contributed by atoms with van der Waals surface area (Å²) in [5, 5.41) is 10.3. The number of hydrogen-bond donors (Lipinski definition) is 3. The first kappa shape index (κ1) is 23.4.